The van der Waals surface area contributed by atoms with Crippen LogP contribution in [0.2, 0.25) is 0 Å². The van der Waals surface area contributed by atoms with Crippen molar-refractivity contribution in [2.45, 2.75) is 32.8 Å². The number of aromatic nitrogens is 2. The molecule has 3 rings (SSSR count). The van der Waals surface area contributed by atoms with E-state index in [4.69, 9.17) is 9.15 Å². The van der Waals surface area contributed by atoms with Gasteiger partial charge in [-0.25, -0.2) is 4.79 Å². The highest BCUT2D eigenvalue weighted by atomic mass is 16.5. The van der Waals surface area contributed by atoms with Gasteiger partial charge in [0.05, 0.1) is 5.56 Å². The van der Waals surface area contributed by atoms with Crippen LogP contribution >= 0.6 is 0 Å². The van der Waals surface area contributed by atoms with Crippen LogP contribution in [0.1, 0.15) is 42.6 Å². The van der Waals surface area contributed by atoms with Crippen molar-refractivity contribution >= 4 is 17.6 Å². The van der Waals surface area contributed by atoms with E-state index in [0.29, 0.717) is 22.7 Å². The quantitative estimate of drug-likeness (QED) is 0.650. The number of nitrogens with zero attached hydrogens (tertiary/aromatic N) is 2. The highest BCUT2D eigenvalue weighted by Crippen LogP contribution is 2.24. The van der Waals surface area contributed by atoms with Crippen LogP contribution in [0.25, 0.3) is 11.5 Å². The lowest BCUT2D eigenvalue weighted by Crippen LogP contribution is -2.30. The maximum absolute atomic E-state index is 12.4. The first-order valence-electron chi connectivity index (χ1n) is 8.93. The summed E-state index contributed by atoms with van der Waals surface area (Å²) in [5.74, 6) is -0.357. The Balaban J connectivity index is 1.63. The van der Waals surface area contributed by atoms with Crippen molar-refractivity contribution in [1.29, 1.82) is 0 Å². The molecule has 0 radical (unpaired) electrons. The van der Waals surface area contributed by atoms with Crippen molar-refractivity contribution in [3.05, 3.63) is 66.1 Å². The lowest BCUT2D eigenvalue weighted by molar-refractivity contribution is -0.123. The molecule has 0 aliphatic carbocycles. The largest absolute Gasteiger partial charge is 0.449 e. The Morgan fingerprint density at radius 1 is 1.04 bits per heavy atom. The number of anilines is 1. The van der Waals surface area contributed by atoms with Gasteiger partial charge in [0.25, 0.3) is 5.91 Å². The van der Waals surface area contributed by atoms with Crippen molar-refractivity contribution in [2.75, 3.05) is 5.32 Å². The maximum Gasteiger partial charge on any atom is 0.338 e. The molecule has 0 unspecified atom stereocenters. The van der Waals surface area contributed by atoms with E-state index in [1.807, 2.05) is 38.1 Å². The van der Waals surface area contributed by atoms with E-state index in [9.17, 15) is 9.59 Å². The fraction of sp³-hybridized carbons (Fsp3) is 0.238. The maximum atomic E-state index is 12.4. The lowest BCUT2D eigenvalue weighted by Gasteiger charge is -2.17. The molecule has 0 saturated heterocycles. The number of carbonyl (C=O) groups is 2. The first-order chi connectivity index (χ1) is 13.5. The normalized spacial score (nSPS) is 11.9. The Morgan fingerprint density at radius 3 is 2.39 bits per heavy atom. The molecule has 0 aliphatic heterocycles. The summed E-state index contributed by atoms with van der Waals surface area (Å²) in [6.45, 7) is 5.64. The van der Waals surface area contributed by atoms with Gasteiger partial charge >= 0.3 is 5.97 Å². The van der Waals surface area contributed by atoms with Crippen LogP contribution in [0.5, 0.6) is 0 Å². The van der Waals surface area contributed by atoms with Gasteiger partial charge in [0.15, 0.2) is 6.10 Å². The number of para-hydroxylation sites is 1. The number of hydrogen-bond donors (Lipinski definition) is 1. The number of benzene rings is 2. The fourth-order valence-electron chi connectivity index (χ4n) is 2.68. The number of hydrogen-bond acceptors (Lipinski definition) is 6. The number of esters is 1. The highest BCUT2D eigenvalue weighted by Gasteiger charge is 2.20. The standard InChI is InChI=1S/C21H21N3O4/c1-13(2)17-6-4-5-7-18(17)23-19(25)14(3)28-21(26)16-10-8-15(9-11-16)20-24-22-12-27-20/h4-14H,1-3H3,(H,23,25)/t14-/m0/s1. The van der Waals surface area contributed by atoms with Crippen molar-refractivity contribution in [3.8, 4) is 11.5 Å². The van der Waals surface area contributed by atoms with Crippen LogP contribution in [-0.2, 0) is 9.53 Å². The minimum absolute atomic E-state index is 0.256. The molecule has 0 spiro atoms. The molecule has 2 aromatic carbocycles. The van der Waals surface area contributed by atoms with Gasteiger partial charge in [-0.2, -0.15) is 0 Å². The summed E-state index contributed by atoms with van der Waals surface area (Å²) in [4.78, 5) is 24.8. The minimum Gasteiger partial charge on any atom is -0.449 e. The second-order valence-electron chi connectivity index (χ2n) is 6.60. The summed E-state index contributed by atoms with van der Waals surface area (Å²) >= 11 is 0. The van der Waals surface area contributed by atoms with Crippen LogP contribution in [0.4, 0.5) is 5.69 Å². The summed E-state index contributed by atoms with van der Waals surface area (Å²) in [5, 5.41) is 10.3. The van der Waals surface area contributed by atoms with Crippen LogP contribution < -0.4 is 5.32 Å². The number of carbonyl (C=O) groups excluding carboxylic acids is 2. The molecular formula is C21H21N3O4. The number of nitrogens with one attached hydrogen (secondary N) is 1. The molecule has 1 N–H and O–H groups in total. The predicted octanol–water partition coefficient (Wildman–Crippen LogP) is 4.04. The van der Waals surface area contributed by atoms with E-state index in [-0.39, 0.29) is 11.8 Å². The zero-order chi connectivity index (χ0) is 20.1. The fourth-order valence-corrected chi connectivity index (χ4v) is 2.68. The summed E-state index contributed by atoms with van der Waals surface area (Å²) < 4.78 is 10.4. The molecular weight excluding hydrogens is 358 g/mol. The Hall–Kier alpha value is -3.48. The molecule has 0 bridgehead atoms. The Bertz CT molecular complexity index is 950. The topological polar surface area (TPSA) is 94.3 Å². The molecule has 28 heavy (non-hydrogen) atoms. The van der Waals surface area contributed by atoms with E-state index in [1.165, 1.54) is 13.3 Å². The van der Waals surface area contributed by atoms with Gasteiger partial charge in [0.2, 0.25) is 12.3 Å². The van der Waals surface area contributed by atoms with Crippen molar-refractivity contribution < 1.29 is 18.7 Å². The zero-order valence-corrected chi connectivity index (χ0v) is 15.9. The van der Waals surface area contributed by atoms with Crippen molar-refractivity contribution in [2.24, 2.45) is 0 Å². The van der Waals surface area contributed by atoms with E-state index < -0.39 is 12.1 Å². The molecule has 1 heterocycles. The number of amides is 1. The average Bonchev–Trinajstić information content (AvgIpc) is 3.23. The SMILES string of the molecule is CC(C)c1ccccc1NC(=O)[C@H](C)OC(=O)c1ccc(-c2nnco2)cc1. The molecule has 144 valence electrons. The third-order valence-corrected chi connectivity index (χ3v) is 4.22. The van der Waals surface area contributed by atoms with Gasteiger partial charge in [-0.1, -0.05) is 32.0 Å². The zero-order valence-electron chi connectivity index (χ0n) is 15.9. The Labute approximate surface area is 162 Å². The van der Waals surface area contributed by atoms with Gasteiger partial charge in [-0.05, 0) is 48.7 Å². The summed E-state index contributed by atoms with van der Waals surface area (Å²) in [5.41, 5.74) is 2.75. The second-order valence-corrected chi connectivity index (χ2v) is 6.60. The van der Waals surface area contributed by atoms with E-state index in [0.717, 1.165) is 5.56 Å². The molecule has 1 amide bonds. The van der Waals surface area contributed by atoms with Crippen LogP contribution in [-0.4, -0.2) is 28.2 Å². The third kappa shape index (κ3) is 4.43. The summed E-state index contributed by atoms with van der Waals surface area (Å²) in [6, 6.07) is 14.1. The first kappa shape index (κ1) is 19.3. The van der Waals surface area contributed by atoms with Crippen molar-refractivity contribution in [1.82, 2.24) is 10.2 Å². The Kier molecular flexibility index (Phi) is 5.84. The highest BCUT2D eigenvalue weighted by molar-refractivity contribution is 5.97. The van der Waals surface area contributed by atoms with Crippen LogP contribution in [0.15, 0.2) is 59.3 Å². The van der Waals surface area contributed by atoms with Crippen LogP contribution in [0.3, 0.4) is 0 Å². The number of rotatable bonds is 6. The molecule has 0 saturated carbocycles. The van der Waals surface area contributed by atoms with E-state index in [1.54, 1.807) is 24.3 Å². The molecule has 1 atom stereocenters. The third-order valence-electron chi connectivity index (χ3n) is 4.22. The van der Waals surface area contributed by atoms with Gasteiger partial charge in [0, 0.05) is 11.3 Å². The molecule has 1 aromatic heterocycles. The van der Waals surface area contributed by atoms with Gasteiger partial charge in [-0.3, -0.25) is 4.79 Å². The smallest absolute Gasteiger partial charge is 0.338 e. The molecule has 7 heteroatoms. The van der Waals surface area contributed by atoms with Crippen LogP contribution in [0, 0.1) is 0 Å². The minimum atomic E-state index is -0.941. The number of ether oxygens (including phenoxy) is 1. The average molecular weight is 379 g/mol. The lowest BCUT2D eigenvalue weighted by atomic mass is 10.0. The van der Waals surface area contributed by atoms with E-state index >= 15 is 0 Å². The summed E-state index contributed by atoms with van der Waals surface area (Å²) in [7, 11) is 0. The molecule has 7 nitrogen and oxygen atoms in total. The Morgan fingerprint density at radius 2 is 1.75 bits per heavy atom. The van der Waals surface area contributed by atoms with E-state index in [2.05, 4.69) is 15.5 Å². The van der Waals surface area contributed by atoms with Gasteiger partial charge < -0.3 is 14.5 Å². The molecule has 0 aliphatic rings. The first-order valence-corrected chi connectivity index (χ1v) is 8.93. The predicted molar refractivity (Wildman–Crippen MR) is 104 cm³/mol. The monoisotopic (exact) mass is 379 g/mol. The molecule has 0 fully saturated rings. The van der Waals surface area contributed by atoms with Gasteiger partial charge in [-0.15, -0.1) is 10.2 Å². The molecule has 3 aromatic rings. The van der Waals surface area contributed by atoms with Crippen molar-refractivity contribution in [3.63, 3.8) is 0 Å². The second kappa shape index (κ2) is 8.47. The summed E-state index contributed by atoms with van der Waals surface area (Å²) in [6.07, 6.45) is 0.290. The van der Waals surface area contributed by atoms with Gasteiger partial charge in [0.1, 0.15) is 0 Å².